The van der Waals surface area contributed by atoms with Crippen LogP contribution in [0.15, 0.2) is 41.4 Å². The molecule has 0 aliphatic heterocycles. The maximum absolute atomic E-state index is 13.6. The van der Waals surface area contributed by atoms with E-state index in [1.54, 1.807) is 38.5 Å². The van der Waals surface area contributed by atoms with Gasteiger partial charge in [-0.15, -0.1) is 24.0 Å². The number of guanidine groups is 1. The van der Waals surface area contributed by atoms with E-state index >= 15 is 0 Å². The van der Waals surface area contributed by atoms with Crippen LogP contribution in [0.5, 0.6) is 11.5 Å². The van der Waals surface area contributed by atoms with Gasteiger partial charge in [-0.1, -0.05) is 17.7 Å². The smallest absolute Gasteiger partial charge is 0.193 e. The van der Waals surface area contributed by atoms with Crippen LogP contribution in [-0.2, 0) is 0 Å². The Morgan fingerprint density at radius 1 is 1.23 bits per heavy atom. The lowest BCUT2D eigenvalue weighted by Crippen LogP contribution is -2.23. The van der Waals surface area contributed by atoms with E-state index in [0.717, 1.165) is 12.0 Å². The Morgan fingerprint density at radius 3 is 2.65 bits per heavy atom. The van der Waals surface area contributed by atoms with Crippen LogP contribution in [0.4, 0.5) is 10.1 Å². The van der Waals surface area contributed by atoms with E-state index in [1.165, 1.54) is 6.07 Å². The Hall–Kier alpha value is -1.74. The van der Waals surface area contributed by atoms with Crippen LogP contribution in [0.1, 0.15) is 17.9 Å². The molecular weight excluding hydrogens is 472 g/mol. The number of benzene rings is 2. The highest BCUT2D eigenvalue weighted by molar-refractivity contribution is 14.0. The van der Waals surface area contributed by atoms with Gasteiger partial charge in [0, 0.05) is 12.0 Å². The van der Waals surface area contributed by atoms with Gasteiger partial charge in [-0.05, 0) is 36.2 Å². The zero-order valence-electron chi connectivity index (χ0n) is 14.3. The molecule has 2 atom stereocenters. The van der Waals surface area contributed by atoms with Gasteiger partial charge in [-0.3, -0.25) is 0 Å². The van der Waals surface area contributed by atoms with Crippen molar-refractivity contribution in [2.45, 2.75) is 18.4 Å². The first kappa shape index (κ1) is 20.6. The van der Waals surface area contributed by atoms with Crippen LogP contribution in [0.3, 0.4) is 0 Å². The van der Waals surface area contributed by atoms with E-state index in [1.807, 2.05) is 6.07 Å². The molecule has 0 radical (unpaired) electrons. The number of hydrogen-bond donors (Lipinski definition) is 2. The van der Waals surface area contributed by atoms with Gasteiger partial charge < -0.3 is 20.5 Å². The molecule has 0 bridgehead atoms. The number of ether oxygens (including phenoxy) is 2. The third kappa shape index (κ3) is 4.70. The van der Waals surface area contributed by atoms with Crippen LogP contribution in [0, 0.1) is 5.82 Å². The summed E-state index contributed by atoms with van der Waals surface area (Å²) >= 11 is 5.72. The van der Waals surface area contributed by atoms with Crippen molar-refractivity contribution in [3.63, 3.8) is 0 Å². The SMILES string of the molecule is COc1ccc(OC)c(NC(N)=N[C@@H]2C[C@H]2c2ccc(Cl)c(F)c2)c1.I. The van der Waals surface area contributed by atoms with Crippen molar-refractivity contribution in [2.24, 2.45) is 10.7 Å². The third-order valence-corrected chi connectivity index (χ3v) is 4.41. The lowest BCUT2D eigenvalue weighted by atomic mass is 10.1. The molecule has 1 aliphatic carbocycles. The summed E-state index contributed by atoms with van der Waals surface area (Å²) < 4.78 is 24.1. The number of rotatable bonds is 5. The maximum atomic E-state index is 13.6. The largest absolute Gasteiger partial charge is 0.497 e. The Morgan fingerprint density at radius 2 is 2.00 bits per heavy atom. The van der Waals surface area contributed by atoms with Gasteiger partial charge in [0.15, 0.2) is 5.96 Å². The molecule has 5 nitrogen and oxygen atoms in total. The second-order valence-electron chi connectivity index (χ2n) is 5.79. The molecule has 1 saturated carbocycles. The molecule has 2 aromatic rings. The molecule has 0 aromatic heterocycles. The lowest BCUT2D eigenvalue weighted by molar-refractivity contribution is 0.405. The van der Waals surface area contributed by atoms with E-state index in [0.29, 0.717) is 17.2 Å². The van der Waals surface area contributed by atoms with Crippen molar-refractivity contribution < 1.29 is 13.9 Å². The van der Waals surface area contributed by atoms with Crippen LogP contribution < -0.4 is 20.5 Å². The van der Waals surface area contributed by atoms with Gasteiger partial charge in [0.05, 0.1) is 31.0 Å². The number of halogens is 3. The van der Waals surface area contributed by atoms with Gasteiger partial charge in [-0.25, -0.2) is 9.38 Å². The van der Waals surface area contributed by atoms with E-state index in [4.69, 9.17) is 26.8 Å². The van der Waals surface area contributed by atoms with E-state index in [2.05, 4.69) is 10.3 Å². The summed E-state index contributed by atoms with van der Waals surface area (Å²) in [4.78, 5) is 4.46. The van der Waals surface area contributed by atoms with Crippen LogP contribution in [0.2, 0.25) is 5.02 Å². The third-order valence-electron chi connectivity index (χ3n) is 4.10. The molecule has 0 spiro atoms. The average Bonchev–Trinajstić information content (AvgIpc) is 3.36. The average molecular weight is 492 g/mol. The molecule has 2 aromatic carbocycles. The summed E-state index contributed by atoms with van der Waals surface area (Å²) in [6.45, 7) is 0. The van der Waals surface area contributed by atoms with Crippen LogP contribution in [0.25, 0.3) is 0 Å². The Labute approximate surface area is 173 Å². The lowest BCUT2D eigenvalue weighted by Gasteiger charge is -2.12. The number of aliphatic imine (C=N–C) groups is 1. The molecule has 1 fully saturated rings. The number of nitrogens with two attached hydrogens (primary N) is 1. The standard InChI is InChI=1S/C18H19ClFN3O2.HI/c1-24-11-4-6-17(25-2)16(8-11)23-18(21)22-15-9-12(15)10-3-5-13(19)14(20)7-10;/h3-8,12,15H,9H2,1-2H3,(H3,21,22,23);1H/t12-,15+;/m0./s1. The zero-order valence-corrected chi connectivity index (χ0v) is 17.4. The highest BCUT2D eigenvalue weighted by Crippen LogP contribution is 2.44. The Bertz CT molecular complexity index is 819. The Balaban J connectivity index is 0.00000243. The molecule has 3 N–H and O–H groups in total. The normalized spacial score (nSPS) is 18.7. The highest BCUT2D eigenvalue weighted by Gasteiger charge is 2.39. The number of nitrogens with one attached hydrogen (secondary N) is 1. The summed E-state index contributed by atoms with van der Waals surface area (Å²) in [6, 6.07) is 10.2. The van der Waals surface area contributed by atoms with Crippen LogP contribution >= 0.6 is 35.6 Å². The first-order chi connectivity index (χ1) is 12.0. The van der Waals surface area contributed by atoms with Gasteiger partial charge in [0.1, 0.15) is 17.3 Å². The molecule has 0 amide bonds. The molecule has 140 valence electrons. The number of hydrogen-bond acceptors (Lipinski definition) is 3. The number of methoxy groups -OCH3 is 2. The second-order valence-corrected chi connectivity index (χ2v) is 6.20. The second kappa shape index (κ2) is 8.77. The van der Waals surface area contributed by atoms with Crippen molar-refractivity contribution in [1.29, 1.82) is 0 Å². The summed E-state index contributed by atoms with van der Waals surface area (Å²) in [5.41, 5.74) is 7.55. The van der Waals surface area contributed by atoms with Gasteiger partial charge >= 0.3 is 0 Å². The summed E-state index contributed by atoms with van der Waals surface area (Å²) in [5, 5.41) is 3.15. The summed E-state index contributed by atoms with van der Waals surface area (Å²) in [5.74, 6) is 1.32. The molecule has 26 heavy (non-hydrogen) atoms. The topological polar surface area (TPSA) is 68.9 Å². The molecule has 0 heterocycles. The highest BCUT2D eigenvalue weighted by atomic mass is 127. The fraction of sp³-hybridized carbons (Fsp3) is 0.278. The van der Waals surface area contributed by atoms with E-state index in [9.17, 15) is 4.39 Å². The minimum absolute atomic E-state index is 0. The minimum Gasteiger partial charge on any atom is -0.497 e. The molecule has 0 saturated heterocycles. The first-order valence-electron chi connectivity index (χ1n) is 7.79. The van der Waals surface area contributed by atoms with Gasteiger partial charge in [-0.2, -0.15) is 0 Å². The van der Waals surface area contributed by atoms with E-state index < -0.39 is 5.82 Å². The van der Waals surface area contributed by atoms with Crippen molar-refractivity contribution >= 4 is 47.2 Å². The number of anilines is 1. The molecule has 3 rings (SSSR count). The molecule has 8 heteroatoms. The van der Waals surface area contributed by atoms with Crippen molar-refractivity contribution in [3.05, 3.63) is 52.8 Å². The predicted octanol–water partition coefficient (Wildman–Crippen LogP) is 4.40. The summed E-state index contributed by atoms with van der Waals surface area (Å²) in [7, 11) is 3.16. The predicted molar refractivity (Wildman–Crippen MR) is 113 cm³/mol. The fourth-order valence-electron chi connectivity index (χ4n) is 2.69. The molecular formula is C18H20ClFIN3O2. The zero-order chi connectivity index (χ0) is 18.0. The number of nitrogens with zero attached hydrogens (tertiary/aromatic N) is 1. The van der Waals surface area contributed by atoms with Gasteiger partial charge in [0.2, 0.25) is 0 Å². The van der Waals surface area contributed by atoms with E-state index in [-0.39, 0.29) is 46.9 Å². The van der Waals surface area contributed by atoms with Crippen LogP contribution in [-0.4, -0.2) is 26.2 Å². The fourth-order valence-corrected chi connectivity index (χ4v) is 2.80. The monoisotopic (exact) mass is 491 g/mol. The van der Waals surface area contributed by atoms with Crippen molar-refractivity contribution in [2.75, 3.05) is 19.5 Å². The first-order valence-corrected chi connectivity index (χ1v) is 8.17. The maximum Gasteiger partial charge on any atom is 0.193 e. The minimum atomic E-state index is -0.416. The molecule has 1 aliphatic rings. The quantitative estimate of drug-likeness (QED) is 0.370. The summed E-state index contributed by atoms with van der Waals surface area (Å²) in [6.07, 6.45) is 0.818. The Kier molecular flexibility index (Phi) is 6.94. The van der Waals surface area contributed by atoms with Gasteiger partial charge in [0.25, 0.3) is 0 Å². The van der Waals surface area contributed by atoms with Crippen molar-refractivity contribution in [1.82, 2.24) is 0 Å². The van der Waals surface area contributed by atoms with Crippen molar-refractivity contribution in [3.8, 4) is 11.5 Å². The molecule has 0 unspecified atom stereocenters.